The van der Waals surface area contributed by atoms with Crippen LogP contribution >= 0.6 is 0 Å². The van der Waals surface area contributed by atoms with Crippen LogP contribution in [-0.2, 0) is 4.79 Å². The molecule has 1 heterocycles. The van der Waals surface area contributed by atoms with Gasteiger partial charge in [-0.2, -0.15) is 0 Å². The van der Waals surface area contributed by atoms with Crippen molar-refractivity contribution in [3.63, 3.8) is 0 Å². The Labute approximate surface area is 124 Å². The summed E-state index contributed by atoms with van der Waals surface area (Å²) in [5.41, 5.74) is 0. The zero-order valence-corrected chi connectivity index (χ0v) is 13.5. The summed E-state index contributed by atoms with van der Waals surface area (Å²) in [6.07, 6.45) is 10.1. The number of nitrogens with zero attached hydrogens (tertiary/aromatic N) is 1. The summed E-state index contributed by atoms with van der Waals surface area (Å²) in [6.45, 7) is 7.62. The second kappa shape index (κ2) is 7.44. The molecule has 1 aliphatic carbocycles. The monoisotopic (exact) mass is 280 g/mol. The minimum absolute atomic E-state index is 0.0905. The first-order valence-corrected chi connectivity index (χ1v) is 8.70. The average molecular weight is 280 g/mol. The zero-order valence-electron chi connectivity index (χ0n) is 13.5. The van der Waals surface area contributed by atoms with Crippen molar-refractivity contribution in [2.75, 3.05) is 6.54 Å². The van der Waals surface area contributed by atoms with Crippen molar-refractivity contribution >= 4 is 5.91 Å². The van der Waals surface area contributed by atoms with E-state index in [-0.39, 0.29) is 6.04 Å². The average Bonchev–Trinajstić information content (AvgIpc) is 3.02. The Morgan fingerprint density at radius 1 is 1.30 bits per heavy atom. The van der Waals surface area contributed by atoms with E-state index in [1.54, 1.807) is 0 Å². The van der Waals surface area contributed by atoms with Crippen molar-refractivity contribution in [3.05, 3.63) is 0 Å². The Morgan fingerprint density at radius 3 is 2.60 bits per heavy atom. The summed E-state index contributed by atoms with van der Waals surface area (Å²) >= 11 is 0. The van der Waals surface area contributed by atoms with E-state index < -0.39 is 0 Å². The van der Waals surface area contributed by atoms with Crippen LogP contribution in [-0.4, -0.2) is 29.6 Å². The molecule has 2 atom stereocenters. The second-order valence-electron chi connectivity index (χ2n) is 7.07. The fourth-order valence-electron chi connectivity index (χ4n) is 3.63. The topological polar surface area (TPSA) is 32.3 Å². The Kier molecular flexibility index (Phi) is 5.88. The number of amides is 1. The lowest BCUT2D eigenvalue weighted by atomic mass is 10.0. The molecule has 3 heteroatoms. The molecule has 0 bridgehead atoms. The van der Waals surface area contributed by atoms with E-state index in [4.69, 9.17) is 0 Å². The Balaban J connectivity index is 1.99. The van der Waals surface area contributed by atoms with Crippen molar-refractivity contribution in [3.8, 4) is 0 Å². The summed E-state index contributed by atoms with van der Waals surface area (Å²) in [6, 6.07) is 0.0905. The summed E-state index contributed by atoms with van der Waals surface area (Å²) in [7, 11) is 0. The lowest BCUT2D eigenvalue weighted by Crippen LogP contribution is -2.43. The van der Waals surface area contributed by atoms with Gasteiger partial charge in [0.15, 0.2) is 0 Å². The number of rotatable bonds is 7. The molecule has 1 amide bonds. The highest BCUT2D eigenvalue weighted by molar-refractivity contribution is 5.84. The van der Waals surface area contributed by atoms with Crippen molar-refractivity contribution in [1.82, 2.24) is 10.2 Å². The van der Waals surface area contributed by atoms with Crippen LogP contribution in [0.3, 0.4) is 0 Å². The SMILES string of the molecule is CCCCC1NC(C2CCCC2)N(CCC(C)C)C1=O. The molecule has 2 fully saturated rings. The molecule has 2 unspecified atom stereocenters. The van der Waals surface area contributed by atoms with Crippen LogP contribution in [0.2, 0.25) is 0 Å². The molecule has 116 valence electrons. The quantitative estimate of drug-likeness (QED) is 0.773. The second-order valence-corrected chi connectivity index (χ2v) is 7.07. The van der Waals surface area contributed by atoms with E-state index in [9.17, 15) is 4.79 Å². The first kappa shape index (κ1) is 15.8. The minimum Gasteiger partial charge on any atom is -0.326 e. The Bertz CT molecular complexity index is 310. The summed E-state index contributed by atoms with van der Waals surface area (Å²) in [5.74, 6) is 1.73. The maximum atomic E-state index is 12.7. The molecule has 20 heavy (non-hydrogen) atoms. The first-order valence-electron chi connectivity index (χ1n) is 8.70. The fraction of sp³-hybridized carbons (Fsp3) is 0.941. The molecule has 2 rings (SSSR count). The van der Waals surface area contributed by atoms with Gasteiger partial charge in [-0.3, -0.25) is 10.1 Å². The molecule has 1 saturated heterocycles. The van der Waals surface area contributed by atoms with Crippen molar-refractivity contribution in [1.29, 1.82) is 0 Å². The molecule has 3 nitrogen and oxygen atoms in total. The van der Waals surface area contributed by atoms with Gasteiger partial charge in [0.25, 0.3) is 0 Å². The van der Waals surface area contributed by atoms with Gasteiger partial charge in [0.05, 0.1) is 12.2 Å². The van der Waals surface area contributed by atoms with Crippen LogP contribution in [0.1, 0.15) is 72.1 Å². The summed E-state index contributed by atoms with van der Waals surface area (Å²) in [4.78, 5) is 14.8. The fourth-order valence-corrected chi connectivity index (χ4v) is 3.63. The summed E-state index contributed by atoms with van der Waals surface area (Å²) < 4.78 is 0. The zero-order chi connectivity index (χ0) is 14.5. The standard InChI is InChI=1S/C17H32N2O/c1-4-5-10-15-17(20)19(12-11-13(2)3)16(18-15)14-8-6-7-9-14/h13-16,18H,4-12H2,1-3H3. The van der Waals surface area contributed by atoms with Gasteiger partial charge < -0.3 is 4.90 Å². The predicted octanol–water partition coefficient (Wildman–Crippen LogP) is 3.54. The van der Waals surface area contributed by atoms with Gasteiger partial charge in [-0.25, -0.2) is 0 Å². The van der Waals surface area contributed by atoms with Gasteiger partial charge in [-0.05, 0) is 37.5 Å². The van der Waals surface area contributed by atoms with Crippen LogP contribution in [0.15, 0.2) is 0 Å². The Morgan fingerprint density at radius 2 is 2.00 bits per heavy atom. The molecule has 0 aromatic heterocycles. The minimum atomic E-state index is 0.0905. The van der Waals surface area contributed by atoms with Crippen LogP contribution in [0.5, 0.6) is 0 Å². The molecular weight excluding hydrogens is 248 g/mol. The number of unbranched alkanes of at least 4 members (excludes halogenated alkanes) is 1. The summed E-state index contributed by atoms with van der Waals surface area (Å²) in [5, 5.41) is 3.67. The Hall–Kier alpha value is -0.570. The molecule has 0 spiro atoms. The van der Waals surface area contributed by atoms with E-state index in [1.807, 2.05) is 0 Å². The molecule has 0 radical (unpaired) electrons. The number of hydrogen-bond donors (Lipinski definition) is 1. The first-order chi connectivity index (χ1) is 9.63. The van der Waals surface area contributed by atoms with E-state index in [0.717, 1.165) is 25.8 Å². The maximum absolute atomic E-state index is 12.7. The van der Waals surface area contributed by atoms with E-state index in [1.165, 1.54) is 32.1 Å². The smallest absolute Gasteiger partial charge is 0.241 e. The maximum Gasteiger partial charge on any atom is 0.241 e. The highest BCUT2D eigenvalue weighted by atomic mass is 16.2. The number of carbonyl (C=O) groups is 1. The highest BCUT2D eigenvalue weighted by Crippen LogP contribution is 2.33. The molecule has 1 saturated carbocycles. The van der Waals surface area contributed by atoms with Crippen LogP contribution < -0.4 is 5.32 Å². The molecule has 0 aromatic rings. The third-order valence-corrected chi connectivity index (χ3v) is 4.93. The van der Waals surface area contributed by atoms with E-state index in [2.05, 4.69) is 31.0 Å². The molecule has 2 aliphatic rings. The van der Waals surface area contributed by atoms with Crippen molar-refractivity contribution < 1.29 is 4.79 Å². The molecule has 0 aromatic carbocycles. The van der Waals surface area contributed by atoms with E-state index in [0.29, 0.717) is 23.9 Å². The lowest BCUT2D eigenvalue weighted by molar-refractivity contribution is -0.130. The van der Waals surface area contributed by atoms with Crippen LogP contribution in [0.25, 0.3) is 0 Å². The van der Waals surface area contributed by atoms with Gasteiger partial charge >= 0.3 is 0 Å². The third kappa shape index (κ3) is 3.75. The number of nitrogens with one attached hydrogen (secondary N) is 1. The third-order valence-electron chi connectivity index (χ3n) is 4.93. The van der Waals surface area contributed by atoms with Crippen molar-refractivity contribution in [2.45, 2.75) is 84.3 Å². The van der Waals surface area contributed by atoms with Gasteiger partial charge in [0.1, 0.15) is 0 Å². The lowest BCUT2D eigenvalue weighted by Gasteiger charge is -2.29. The van der Waals surface area contributed by atoms with Gasteiger partial charge in [0, 0.05) is 6.54 Å². The predicted molar refractivity (Wildman–Crippen MR) is 83.4 cm³/mol. The highest BCUT2D eigenvalue weighted by Gasteiger charge is 2.42. The van der Waals surface area contributed by atoms with E-state index >= 15 is 0 Å². The molecular formula is C17H32N2O. The molecule has 1 aliphatic heterocycles. The van der Waals surface area contributed by atoms with Gasteiger partial charge in [0.2, 0.25) is 5.91 Å². The van der Waals surface area contributed by atoms with Gasteiger partial charge in [-0.15, -0.1) is 0 Å². The largest absolute Gasteiger partial charge is 0.326 e. The molecule has 1 N–H and O–H groups in total. The normalized spacial score (nSPS) is 28.0. The number of hydrogen-bond acceptors (Lipinski definition) is 2. The van der Waals surface area contributed by atoms with Crippen molar-refractivity contribution in [2.24, 2.45) is 11.8 Å². The van der Waals surface area contributed by atoms with Crippen LogP contribution in [0.4, 0.5) is 0 Å². The number of carbonyl (C=O) groups excluding carboxylic acids is 1. The van der Waals surface area contributed by atoms with Crippen LogP contribution in [0, 0.1) is 11.8 Å². The van der Waals surface area contributed by atoms with Gasteiger partial charge in [-0.1, -0.05) is 46.5 Å².